The van der Waals surface area contributed by atoms with Crippen molar-refractivity contribution in [3.8, 4) is 5.75 Å². The molecule has 1 aliphatic heterocycles. The van der Waals surface area contributed by atoms with Crippen LogP contribution in [0.5, 0.6) is 5.75 Å². The molecule has 1 aromatic carbocycles. The molecule has 2 amide bonds. The van der Waals surface area contributed by atoms with Crippen LogP contribution in [-0.2, 0) is 0 Å². The van der Waals surface area contributed by atoms with Gasteiger partial charge in [0.15, 0.2) is 0 Å². The van der Waals surface area contributed by atoms with Crippen molar-refractivity contribution in [3.05, 3.63) is 35.0 Å². The molecule has 0 bridgehead atoms. The average Bonchev–Trinajstić information content (AvgIpc) is 3.20. The molecule has 2 aromatic rings. The maximum absolute atomic E-state index is 12.1. The lowest BCUT2D eigenvalue weighted by molar-refractivity contribution is 0.252. The summed E-state index contributed by atoms with van der Waals surface area (Å²) in [6, 6.07) is 6.70. The van der Waals surface area contributed by atoms with Gasteiger partial charge in [0.2, 0.25) is 5.95 Å². The summed E-state index contributed by atoms with van der Waals surface area (Å²) in [7, 11) is 1.54. The number of anilines is 3. The van der Waals surface area contributed by atoms with Gasteiger partial charge >= 0.3 is 6.03 Å². The van der Waals surface area contributed by atoms with Crippen molar-refractivity contribution in [2.45, 2.75) is 19.8 Å². The van der Waals surface area contributed by atoms with Gasteiger partial charge in [-0.15, -0.1) is 0 Å². The van der Waals surface area contributed by atoms with E-state index in [1.165, 1.54) is 20.0 Å². The number of hydrogen-bond acceptors (Lipinski definition) is 6. The number of urea groups is 1. The van der Waals surface area contributed by atoms with E-state index in [-0.39, 0.29) is 6.03 Å². The number of halogens is 1. The largest absolute Gasteiger partial charge is 0.495 e. The van der Waals surface area contributed by atoms with Crippen LogP contribution in [0, 0.1) is 6.92 Å². The van der Waals surface area contributed by atoms with Crippen LogP contribution < -0.4 is 25.6 Å². The predicted molar refractivity (Wildman–Crippen MR) is 112 cm³/mol. The highest BCUT2D eigenvalue weighted by Gasteiger charge is 2.15. The van der Waals surface area contributed by atoms with Crippen LogP contribution in [0.2, 0.25) is 5.02 Å². The first-order valence-corrected chi connectivity index (χ1v) is 9.66. The Morgan fingerprint density at radius 1 is 1.21 bits per heavy atom. The van der Waals surface area contributed by atoms with Gasteiger partial charge in [0.1, 0.15) is 11.6 Å². The van der Waals surface area contributed by atoms with E-state index in [4.69, 9.17) is 16.3 Å². The lowest BCUT2D eigenvalue weighted by Crippen LogP contribution is -2.33. The summed E-state index contributed by atoms with van der Waals surface area (Å²) >= 11 is 5.97. The third-order valence-electron chi connectivity index (χ3n) is 4.37. The number of nitrogens with zero attached hydrogens (tertiary/aromatic N) is 3. The first kappa shape index (κ1) is 20.0. The number of nitrogens with one attached hydrogen (secondary N) is 3. The Kier molecular flexibility index (Phi) is 6.76. The smallest absolute Gasteiger partial charge is 0.319 e. The van der Waals surface area contributed by atoms with Gasteiger partial charge in [0.25, 0.3) is 0 Å². The summed E-state index contributed by atoms with van der Waals surface area (Å²) in [6.07, 6.45) is 2.39. The van der Waals surface area contributed by atoms with Gasteiger partial charge in [-0.1, -0.05) is 11.6 Å². The maximum atomic E-state index is 12.1. The number of methoxy groups -OCH3 is 1. The fourth-order valence-corrected chi connectivity index (χ4v) is 3.21. The molecule has 0 unspecified atom stereocenters. The third-order valence-corrected chi connectivity index (χ3v) is 4.61. The molecule has 0 spiro atoms. The second-order valence-corrected chi connectivity index (χ2v) is 6.97. The Balaban J connectivity index is 1.48. The summed E-state index contributed by atoms with van der Waals surface area (Å²) < 4.78 is 5.22. The van der Waals surface area contributed by atoms with Crippen molar-refractivity contribution in [2.24, 2.45) is 0 Å². The number of aromatic nitrogens is 2. The Bertz CT molecular complexity index is 826. The van der Waals surface area contributed by atoms with Gasteiger partial charge in [-0.25, -0.2) is 9.78 Å². The molecule has 0 atom stereocenters. The Morgan fingerprint density at radius 2 is 2.00 bits per heavy atom. The van der Waals surface area contributed by atoms with Crippen LogP contribution in [0.1, 0.15) is 18.5 Å². The highest BCUT2D eigenvalue weighted by molar-refractivity contribution is 6.31. The molecule has 28 heavy (non-hydrogen) atoms. The molecule has 9 heteroatoms. The highest BCUT2D eigenvalue weighted by atomic mass is 35.5. The van der Waals surface area contributed by atoms with E-state index in [9.17, 15) is 4.79 Å². The standard InChI is InChI=1S/C19H25ClN6O2/c1-13-11-17(26-9-3-4-10-26)25-18(23-13)21-7-8-22-19(27)24-15-12-14(20)5-6-16(15)28-2/h5-6,11-12H,3-4,7-10H2,1-2H3,(H,21,23,25)(H2,22,24,27). The SMILES string of the molecule is COc1ccc(Cl)cc1NC(=O)NCCNc1nc(C)cc(N2CCCC2)n1. The normalized spacial score (nSPS) is 13.3. The summed E-state index contributed by atoms with van der Waals surface area (Å²) in [5, 5.41) is 9.19. The highest BCUT2D eigenvalue weighted by Crippen LogP contribution is 2.27. The van der Waals surface area contributed by atoms with Gasteiger partial charge in [-0.2, -0.15) is 4.98 Å². The van der Waals surface area contributed by atoms with Crippen LogP contribution in [-0.4, -0.2) is 49.3 Å². The summed E-state index contributed by atoms with van der Waals surface area (Å²) in [5.41, 5.74) is 1.43. The molecule has 8 nitrogen and oxygen atoms in total. The quantitative estimate of drug-likeness (QED) is 0.613. The summed E-state index contributed by atoms with van der Waals surface area (Å²) in [5.74, 6) is 2.06. The van der Waals surface area contributed by atoms with Crippen molar-refractivity contribution in [2.75, 3.05) is 48.8 Å². The van der Waals surface area contributed by atoms with Gasteiger partial charge in [0.05, 0.1) is 12.8 Å². The van der Waals surface area contributed by atoms with E-state index in [2.05, 4.69) is 30.8 Å². The fraction of sp³-hybridized carbons (Fsp3) is 0.421. The van der Waals surface area contributed by atoms with Gasteiger partial charge in [0, 0.05) is 43.0 Å². The molecular weight excluding hydrogens is 380 g/mol. The monoisotopic (exact) mass is 404 g/mol. The number of amides is 2. The fourth-order valence-electron chi connectivity index (χ4n) is 3.03. The zero-order valence-electron chi connectivity index (χ0n) is 16.1. The van der Waals surface area contributed by atoms with E-state index in [0.717, 1.165) is 24.6 Å². The van der Waals surface area contributed by atoms with Gasteiger partial charge in [-0.3, -0.25) is 0 Å². The molecule has 1 aromatic heterocycles. The lowest BCUT2D eigenvalue weighted by Gasteiger charge is -2.17. The Hall–Kier alpha value is -2.74. The number of rotatable bonds is 7. The zero-order valence-corrected chi connectivity index (χ0v) is 16.8. The van der Waals surface area contributed by atoms with E-state index in [1.54, 1.807) is 18.2 Å². The first-order valence-electron chi connectivity index (χ1n) is 9.28. The molecule has 3 rings (SSSR count). The van der Waals surface area contributed by atoms with Gasteiger partial charge < -0.3 is 25.6 Å². The molecule has 0 radical (unpaired) electrons. The second kappa shape index (κ2) is 9.45. The minimum atomic E-state index is -0.342. The van der Waals surface area contributed by atoms with Crippen LogP contribution in [0.3, 0.4) is 0 Å². The molecular formula is C19H25ClN6O2. The molecule has 0 aliphatic carbocycles. The van der Waals surface area contributed by atoms with E-state index in [1.807, 2.05) is 13.0 Å². The van der Waals surface area contributed by atoms with Crippen molar-refractivity contribution in [1.82, 2.24) is 15.3 Å². The zero-order chi connectivity index (χ0) is 19.9. The number of ether oxygens (including phenoxy) is 1. The minimum absolute atomic E-state index is 0.342. The number of benzene rings is 1. The van der Waals surface area contributed by atoms with Crippen molar-refractivity contribution in [3.63, 3.8) is 0 Å². The van der Waals surface area contributed by atoms with Gasteiger partial charge in [-0.05, 0) is 38.0 Å². The average molecular weight is 405 g/mol. The third kappa shape index (κ3) is 5.39. The maximum Gasteiger partial charge on any atom is 0.319 e. The molecule has 3 N–H and O–H groups in total. The summed E-state index contributed by atoms with van der Waals surface area (Å²) in [6.45, 7) is 4.93. The van der Waals surface area contributed by atoms with Crippen molar-refractivity contribution >= 4 is 35.1 Å². The molecule has 2 heterocycles. The Labute approximate surface area is 169 Å². The number of carbonyl (C=O) groups is 1. The van der Waals surface area contributed by atoms with Crippen molar-refractivity contribution < 1.29 is 9.53 Å². The van der Waals surface area contributed by atoms with E-state index >= 15 is 0 Å². The molecule has 1 fully saturated rings. The molecule has 1 aliphatic rings. The summed E-state index contributed by atoms with van der Waals surface area (Å²) in [4.78, 5) is 23.4. The number of hydrogen-bond donors (Lipinski definition) is 3. The lowest BCUT2D eigenvalue weighted by atomic mass is 10.3. The number of carbonyl (C=O) groups excluding carboxylic acids is 1. The van der Waals surface area contributed by atoms with Crippen LogP contribution >= 0.6 is 11.6 Å². The number of aryl methyl sites for hydroxylation is 1. The van der Waals surface area contributed by atoms with E-state index < -0.39 is 0 Å². The molecule has 1 saturated heterocycles. The Morgan fingerprint density at radius 3 is 2.75 bits per heavy atom. The predicted octanol–water partition coefficient (Wildman–Crippen LogP) is 3.28. The van der Waals surface area contributed by atoms with Crippen molar-refractivity contribution in [1.29, 1.82) is 0 Å². The minimum Gasteiger partial charge on any atom is -0.495 e. The van der Waals surface area contributed by atoms with Crippen LogP contribution in [0.25, 0.3) is 0 Å². The molecule has 0 saturated carbocycles. The second-order valence-electron chi connectivity index (χ2n) is 6.54. The van der Waals surface area contributed by atoms with Crippen LogP contribution in [0.15, 0.2) is 24.3 Å². The molecule has 150 valence electrons. The van der Waals surface area contributed by atoms with E-state index in [0.29, 0.717) is 35.5 Å². The first-order chi connectivity index (χ1) is 13.5. The van der Waals surface area contributed by atoms with Crippen LogP contribution in [0.4, 0.5) is 22.2 Å². The topological polar surface area (TPSA) is 91.4 Å².